The Labute approximate surface area is 151 Å². The third-order valence-electron chi connectivity index (χ3n) is 3.97. The summed E-state index contributed by atoms with van der Waals surface area (Å²) < 4.78 is 16.0. The number of halogens is 1. The van der Waals surface area contributed by atoms with E-state index in [2.05, 4.69) is 20.8 Å². The lowest BCUT2D eigenvalue weighted by Crippen LogP contribution is -2.25. The van der Waals surface area contributed by atoms with E-state index in [0.29, 0.717) is 35.2 Å². The van der Waals surface area contributed by atoms with Gasteiger partial charge in [0, 0.05) is 30.8 Å². The van der Waals surface area contributed by atoms with E-state index >= 15 is 0 Å². The second-order valence-corrected chi connectivity index (χ2v) is 5.29. The molecule has 1 aromatic heterocycles. The Morgan fingerprint density at radius 2 is 1.92 bits per heavy atom. The molecule has 2 aromatic rings. The van der Waals surface area contributed by atoms with Crippen LogP contribution in [0, 0.1) is 0 Å². The van der Waals surface area contributed by atoms with Crippen molar-refractivity contribution in [3.8, 4) is 17.2 Å². The number of carbonyl (C=O) groups is 1. The molecule has 136 valence electrons. The van der Waals surface area contributed by atoms with Gasteiger partial charge in [-0.3, -0.25) is 9.89 Å². The molecule has 0 fully saturated rings. The van der Waals surface area contributed by atoms with Crippen molar-refractivity contribution in [1.82, 2.24) is 15.5 Å². The molecule has 3 rings (SSSR count). The van der Waals surface area contributed by atoms with Crippen molar-refractivity contribution in [2.75, 3.05) is 33.2 Å². The fraction of sp³-hybridized carbons (Fsp3) is 0.375. The maximum atomic E-state index is 12.6. The number of carbonyl (C=O) groups excluding carboxylic acids is 1. The number of hydrogen-bond donors (Lipinski definition) is 3. The average Bonchev–Trinajstić information content (AvgIpc) is 3.05. The van der Waals surface area contributed by atoms with Gasteiger partial charge in [0.1, 0.15) is 0 Å². The summed E-state index contributed by atoms with van der Waals surface area (Å²) in [4.78, 5) is 12.6. The van der Waals surface area contributed by atoms with Crippen molar-refractivity contribution >= 4 is 24.0 Å². The van der Waals surface area contributed by atoms with Crippen molar-refractivity contribution < 1.29 is 19.0 Å². The zero-order valence-electron chi connectivity index (χ0n) is 14.3. The van der Waals surface area contributed by atoms with Gasteiger partial charge in [-0.1, -0.05) is 0 Å². The first kappa shape index (κ1) is 18.9. The molecule has 0 unspecified atom stereocenters. The highest BCUT2D eigenvalue weighted by Crippen LogP contribution is 2.42. The highest BCUT2D eigenvalue weighted by atomic mass is 35.5. The Kier molecular flexibility index (Phi) is 6.11. The number of H-pyrrole nitrogens is 1. The van der Waals surface area contributed by atoms with E-state index < -0.39 is 0 Å². The van der Waals surface area contributed by atoms with Gasteiger partial charge in [0.2, 0.25) is 5.75 Å². The molecule has 25 heavy (non-hydrogen) atoms. The van der Waals surface area contributed by atoms with Crippen LogP contribution in [0.5, 0.6) is 17.2 Å². The molecule has 1 aromatic carbocycles. The molecule has 0 aliphatic carbocycles. The third kappa shape index (κ3) is 3.49. The van der Waals surface area contributed by atoms with Crippen LogP contribution in [0.2, 0.25) is 0 Å². The van der Waals surface area contributed by atoms with Crippen LogP contribution < -0.4 is 24.8 Å². The molecule has 9 heteroatoms. The molecule has 1 amide bonds. The highest BCUT2D eigenvalue weighted by Gasteiger charge is 2.23. The summed E-state index contributed by atoms with van der Waals surface area (Å²) >= 11 is 0. The van der Waals surface area contributed by atoms with Gasteiger partial charge in [0.05, 0.1) is 27.0 Å². The number of aromatic nitrogens is 2. The van der Waals surface area contributed by atoms with Crippen LogP contribution in [-0.4, -0.2) is 44.0 Å². The number of ether oxygens (including phenoxy) is 3. The number of rotatable bonds is 5. The molecule has 3 N–H and O–H groups in total. The lowest BCUT2D eigenvalue weighted by Gasteiger charge is -2.16. The second-order valence-electron chi connectivity index (χ2n) is 5.29. The number of amides is 1. The molecule has 1 aliphatic rings. The first-order valence-corrected chi connectivity index (χ1v) is 7.56. The van der Waals surface area contributed by atoms with Gasteiger partial charge in [-0.25, -0.2) is 0 Å². The number of nitrogens with one attached hydrogen (secondary N) is 3. The summed E-state index contributed by atoms with van der Waals surface area (Å²) in [6, 6.07) is 3.41. The number of benzene rings is 1. The van der Waals surface area contributed by atoms with Crippen molar-refractivity contribution in [3.63, 3.8) is 0 Å². The van der Waals surface area contributed by atoms with E-state index in [0.717, 1.165) is 24.2 Å². The van der Waals surface area contributed by atoms with Gasteiger partial charge in [-0.2, -0.15) is 5.10 Å². The molecule has 0 spiro atoms. The second kappa shape index (κ2) is 8.09. The zero-order chi connectivity index (χ0) is 17.1. The summed E-state index contributed by atoms with van der Waals surface area (Å²) in [7, 11) is 4.56. The maximum absolute atomic E-state index is 12.6. The van der Waals surface area contributed by atoms with Gasteiger partial charge >= 0.3 is 0 Å². The number of nitrogens with zero attached hydrogens (tertiary/aromatic N) is 1. The molecule has 0 bridgehead atoms. The number of aromatic amines is 1. The number of hydrogen-bond acceptors (Lipinski definition) is 6. The van der Waals surface area contributed by atoms with E-state index in [4.69, 9.17) is 14.2 Å². The predicted octanol–water partition coefficient (Wildman–Crippen LogP) is 1.76. The lowest BCUT2D eigenvalue weighted by atomic mass is 10.1. The average molecular weight is 369 g/mol. The van der Waals surface area contributed by atoms with E-state index in [1.54, 1.807) is 19.2 Å². The first-order valence-electron chi connectivity index (χ1n) is 7.56. The van der Waals surface area contributed by atoms with Gasteiger partial charge in [-0.05, 0) is 12.1 Å². The molecular weight excluding hydrogens is 348 g/mol. The van der Waals surface area contributed by atoms with Crippen LogP contribution >= 0.6 is 12.4 Å². The van der Waals surface area contributed by atoms with Crippen molar-refractivity contribution in [3.05, 3.63) is 29.1 Å². The minimum Gasteiger partial charge on any atom is -0.493 e. The SMILES string of the molecule is COc1ccc(NC(=O)c2n[nH]c3c2CNCC3)c(OC)c1OC.Cl. The maximum Gasteiger partial charge on any atom is 0.276 e. The predicted molar refractivity (Wildman–Crippen MR) is 95.3 cm³/mol. The molecule has 2 heterocycles. The van der Waals surface area contributed by atoms with Crippen LogP contribution in [-0.2, 0) is 13.0 Å². The minimum atomic E-state index is -0.304. The molecule has 1 aliphatic heterocycles. The molecule has 0 saturated carbocycles. The normalized spacial score (nSPS) is 12.6. The summed E-state index contributed by atoms with van der Waals surface area (Å²) in [5.74, 6) is 1.03. The molecular formula is C16H21ClN4O4. The monoisotopic (exact) mass is 368 g/mol. The summed E-state index contributed by atoms with van der Waals surface area (Å²) in [6.07, 6.45) is 0.829. The Hall–Kier alpha value is -2.45. The van der Waals surface area contributed by atoms with E-state index in [1.807, 2.05) is 0 Å². The Morgan fingerprint density at radius 3 is 2.60 bits per heavy atom. The van der Waals surface area contributed by atoms with Crippen LogP contribution in [0.25, 0.3) is 0 Å². The first-order chi connectivity index (χ1) is 11.7. The Morgan fingerprint density at radius 1 is 1.16 bits per heavy atom. The van der Waals surface area contributed by atoms with E-state index in [1.165, 1.54) is 14.2 Å². The van der Waals surface area contributed by atoms with E-state index in [-0.39, 0.29) is 18.3 Å². The van der Waals surface area contributed by atoms with Crippen molar-refractivity contribution in [2.24, 2.45) is 0 Å². The third-order valence-corrected chi connectivity index (χ3v) is 3.97. The molecule has 0 radical (unpaired) electrons. The van der Waals surface area contributed by atoms with Gasteiger partial charge < -0.3 is 24.8 Å². The van der Waals surface area contributed by atoms with Crippen molar-refractivity contribution in [2.45, 2.75) is 13.0 Å². The van der Waals surface area contributed by atoms with Crippen LogP contribution in [0.15, 0.2) is 12.1 Å². The van der Waals surface area contributed by atoms with Gasteiger partial charge in [0.15, 0.2) is 17.2 Å². The van der Waals surface area contributed by atoms with Crippen LogP contribution in [0.4, 0.5) is 5.69 Å². The van der Waals surface area contributed by atoms with Crippen LogP contribution in [0.1, 0.15) is 21.7 Å². The highest BCUT2D eigenvalue weighted by molar-refractivity contribution is 6.05. The van der Waals surface area contributed by atoms with Gasteiger partial charge in [-0.15, -0.1) is 12.4 Å². The zero-order valence-corrected chi connectivity index (χ0v) is 15.1. The standard InChI is InChI=1S/C16H20N4O4.ClH/c1-22-12-5-4-11(14(23-2)15(12)24-3)18-16(21)13-9-8-17-7-6-10(9)19-20-13;/h4-5,17H,6-8H2,1-3H3,(H,18,21)(H,19,20);1H. The molecule has 8 nitrogen and oxygen atoms in total. The summed E-state index contributed by atoms with van der Waals surface area (Å²) in [5, 5.41) is 13.2. The molecule has 0 atom stereocenters. The quantitative estimate of drug-likeness (QED) is 0.744. The largest absolute Gasteiger partial charge is 0.493 e. The number of methoxy groups -OCH3 is 3. The summed E-state index contributed by atoms with van der Waals surface area (Å²) in [5.41, 5.74) is 2.77. The van der Waals surface area contributed by atoms with Crippen LogP contribution in [0.3, 0.4) is 0 Å². The lowest BCUT2D eigenvalue weighted by molar-refractivity contribution is 0.102. The van der Waals surface area contributed by atoms with Crippen molar-refractivity contribution in [1.29, 1.82) is 0 Å². The van der Waals surface area contributed by atoms with Gasteiger partial charge in [0.25, 0.3) is 5.91 Å². The smallest absolute Gasteiger partial charge is 0.276 e. The topological polar surface area (TPSA) is 97.5 Å². The summed E-state index contributed by atoms with van der Waals surface area (Å²) in [6.45, 7) is 1.50. The van der Waals surface area contributed by atoms with E-state index in [9.17, 15) is 4.79 Å². The Balaban J connectivity index is 0.00000225. The Bertz CT molecular complexity index is 763. The minimum absolute atomic E-state index is 0. The number of anilines is 1. The number of fused-ring (bicyclic) bond motifs is 1. The molecule has 0 saturated heterocycles. The fourth-order valence-corrected chi connectivity index (χ4v) is 2.79. The fourth-order valence-electron chi connectivity index (χ4n) is 2.79.